The molecule has 0 atom stereocenters. The highest BCUT2D eigenvalue weighted by molar-refractivity contribution is 5.80. The normalized spacial score (nSPS) is 11.6. The zero-order valence-corrected chi connectivity index (χ0v) is 32.3. The molecule has 2 aromatic carbocycles. The molecule has 2 rings (SSSR count). The number of nitrogens with one attached hydrogen (secondary N) is 4. The first-order valence-corrected chi connectivity index (χ1v) is 19.0. The summed E-state index contributed by atoms with van der Waals surface area (Å²) < 4.78 is 11.8. The highest BCUT2D eigenvalue weighted by Gasteiger charge is 2.03. The van der Waals surface area contributed by atoms with E-state index in [1.54, 1.807) is 0 Å². The lowest BCUT2D eigenvalue weighted by molar-refractivity contribution is 0.310. The number of hydrogen-bond acceptors (Lipinski definition) is 8. The second kappa shape index (κ2) is 29.1. The van der Waals surface area contributed by atoms with Crippen LogP contribution in [-0.4, -0.2) is 89.3 Å². The van der Waals surface area contributed by atoms with Gasteiger partial charge < -0.3 is 40.5 Å². The first-order valence-electron chi connectivity index (χ1n) is 19.0. The van der Waals surface area contributed by atoms with Crippen LogP contribution in [0.5, 0.6) is 11.5 Å². The number of guanidine groups is 2. The van der Waals surface area contributed by atoms with Crippen molar-refractivity contribution in [1.82, 2.24) is 31.1 Å². The number of hydrogen-bond donors (Lipinski definition) is 4. The Bertz CT molecular complexity index is 1260. The monoisotopic (exact) mass is 717 g/mol. The number of aliphatic imine (C=N–C) groups is 2. The van der Waals surface area contributed by atoms with Gasteiger partial charge in [-0.2, -0.15) is 10.5 Å². The lowest BCUT2D eigenvalue weighted by atomic mass is 10.1. The number of rotatable bonds is 27. The minimum atomic E-state index is 0.537. The average molecular weight is 717 g/mol. The zero-order chi connectivity index (χ0) is 37.5. The van der Waals surface area contributed by atoms with Crippen LogP contribution in [0.25, 0.3) is 0 Å². The Labute approximate surface area is 313 Å². The molecule has 286 valence electrons. The van der Waals surface area contributed by atoms with Gasteiger partial charge >= 0.3 is 0 Å². The van der Waals surface area contributed by atoms with Crippen molar-refractivity contribution in [1.29, 1.82) is 10.5 Å². The molecule has 52 heavy (non-hydrogen) atoms. The topological polar surface area (TPSA) is 145 Å². The molecule has 0 fully saturated rings. The van der Waals surface area contributed by atoms with Crippen LogP contribution < -0.4 is 30.7 Å². The van der Waals surface area contributed by atoms with Crippen LogP contribution in [0.3, 0.4) is 0 Å². The smallest absolute Gasteiger partial charge is 0.209 e. The van der Waals surface area contributed by atoms with E-state index in [2.05, 4.69) is 93.5 Å². The van der Waals surface area contributed by atoms with E-state index in [-0.39, 0.29) is 0 Å². The summed E-state index contributed by atoms with van der Waals surface area (Å²) in [5.74, 6) is 2.83. The van der Waals surface area contributed by atoms with Gasteiger partial charge in [-0.05, 0) is 89.3 Å². The third-order valence-corrected chi connectivity index (χ3v) is 8.07. The highest BCUT2D eigenvalue weighted by Crippen LogP contribution is 2.16. The molecule has 4 N–H and O–H groups in total. The second-order valence-electron chi connectivity index (χ2n) is 13.5. The van der Waals surface area contributed by atoms with Gasteiger partial charge in [0.25, 0.3) is 0 Å². The van der Waals surface area contributed by atoms with E-state index in [0.717, 1.165) is 76.2 Å². The Kier molecular flexibility index (Phi) is 24.4. The lowest BCUT2D eigenvalue weighted by Gasteiger charge is -2.13. The Balaban J connectivity index is 1.40. The first-order chi connectivity index (χ1) is 25.4. The summed E-state index contributed by atoms with van der Waals surface area (Å²) in [6.45, 7) is 5.92. The fourth-order valence-corrected chi connectivity index (χ4v) is 5.60. The molecular formula is C40H64N10O2. The molecule has 0 aliphatic rings. The van der Waals surface area contributed by atoms with E-state index in [9.17, 15) is 0 Å². The van der Waals surface area contributed by atoms with E-state index < -0.39 is 0 Å². The fourth-order valence-electron chi connectivity index (χ4n) is 5.60. The van der Waals surface area contributed by atoms with E-state index in [1.807, 2.05) is 36.7 Å². The molecule has 0 saturated carbocycles. The van der Waals surface area contributed by atoms with Crippen LogP contribution in [0.4, 0.5) is 0 Å². The predicted octanol–water partition coefficient (Wildman–Crippen LogP) is 5.98. The van der Waals surface area contributed by atoms with Crippen LogP contribution in [-0.2, 0) is 13.1 Å². The van der Waals surface area contributed by atoms with Crippen LogP contribution in [0.15, 0.2) is 58.5 Å². The zero-order valence-electron chi connectivity index (χ0n) is 32.3. The van der Waals surface area contributed by atoms with Crippen molar-refractivity contribution in [3.05, 3.63) is 59.7 Å². The van der Waals surface area contributed by atoms with Crippen molar-refractivity contribution < 1.29 is 9.47 Å². The molecule has 0 bridgehead atoms. The predicted molar refractivity (Wildman–Crippen MR) is 212 cm³/mol. The van der Waals surface area contributed by atoms with Gasteiger partial charge in [-0.3, -0.25) is 0 Å². The summed E-state index contributed by atoms with van der Waals surface area (Å²) in [4.78, 5) is 12.0. The van der Waals surface area contributed by atoms with Gasteiger partial charge in [-0.15, -0.1) is 9.98 Å². The van der Waals surface area contributed by atoms with Gasteiger partial charge in [0.2, 0.25) is 24.3 Å². The van der Waals surface area contributed by atoms with E-state index in [4.69, 9.17) is 20.0 Å². The molecule has 0 heterocycles. The molecule has 0 radical (unpaired) electrons. The van der Waals surface area contributed by atoms with Crippen LogP contribution in [0.1, 0.15) is 88.2 Å². The summed E-state index contributed by atoms with van der Waals surface area (Å²) in [5, 5.41) is 31.1. The number of benzene rings is 2. The summed E-state index contributed by atoms with van der Waals surface area (Å²) >= 11 is 0. The summed E-state index contributed by atoms with van der Waals surface area (Å²) in [5.41, 5.74) is 2.45. The minimum Gasteiger partial charge on any atom is -0.494 e. The lowest BCUT2D eigenvalue weighted by Crippen LogP contribution is -2.38. The van der Waals surface area contributed by atoms with Crippen LogP contribution in [0, 0.1) is 22.9 Å². The molecule has 0 unspecified atom stereocenters. The summed E-state index contributed by atoms with van der Waals surface area (Å²) in [7, 11) is 8.22. The Morgan fingerprint density at radius 2 is 0.885 bits per heavy atom. The van der Waals surface area contributed by atoms with Crippen molar-refractivity contribution in [2.75, 3.05) is 67.6 Å². The molecule has 12 heteroatoms. The third-order valence-electron chi connectivity index (χ3n) is 8.07. The molecule has 0 saturated heterocycles. The highest BCUT2D eigenvalue weighted by atomic mass is 16.5. The Hall–Kier alpha value is -4.52. The van der Waals surface area contributed by atoms with Gasteiger partial charge in [0.1, 0.15) is 11.5 Å². The number of unbranched alkanes of at least 4 members (excludes halogenated alkanes) is 9. The van der Waals surface area contributed by atoms with Gasteiger partial charge in [0.15, 0.2) is 0 Å². The number of ether oxygens (including phenoxy) is 2. The van der Waals surface area contributed by atoms with Gasteiger partial charge in [0.05, 0.1) is 13.2 Å². The molecule has 12 nitrogen and oxygen atoms in total. The van der Waals surface area contributed by atoms with Gasteiger partial charge in [0, 0.05) is 39.3 Å². The van der Waals surface area contributed by atoms with Crippen molar-refractivity contribution >= 4 is 11.9 Å². The second-order valence-corrected chi connectivity index (χ2v) is 13.5. The molecule has 2 aromatic rings. The quantitative estimate of drug-likeness (QED) is 0.0377. The minimum absolute atomic E-state index is 0.537. The van der Waals surface area contributed by atoms with Crippen molar-refractivity contribution in [2.45, 2.75) is 90.1 Å². The van der Waals surface area contributed by atoms with Crippen LogP contribution in [0.2, 0.25) is 0 Å². The largest absolute Gasteiger partial charge is 0.494 e. The molecule has 0 aromatic heterocycles. The van der Waals surface area contributed by atoms with Crippen LogP contribution >= 0.6 is 0 Å². The standard InChI is InChI=1S/C40H64N10O2/c1-49(2)31-35-19-15-21-37(29-35)51-27-17-25-45-39(47-33-41)43-23-13-11-9-7-5-6-8-10-12-14-24-44-40(48-34-42)46-26-18-28-52-38-22-16-20-36(30-38)32-50(3)4/h15-16,19-22,29-30H,5-14,17-18,23-28,31-32H2,1-4H3,(H2,43,45,47)(H2,44,46,48). The van der Waals surface area contributed by atoms with Gasteiger partial charge in [-0.1, -0.05) is 75.6 Å². The molecule has 0 spiro atoms. The van der Waals surface area contributed by atoms with E-state index in [0.29, 0.717) is 38.2 Å². The van der Waals surface area contributed by atoms with Crippen molar-refractivity contribution in [2.24, 2.45) is 9.98 Å². The Morgan fingerprint density at radius 1 is 0.538 bits per heavy atom. The summed E-state index contributed by atoms with van der Waals surface area (Å²) in [6, 6.07) is 16.4. The number of nitriles is 2. The van der Waals surface area contributed by atoms with Crippen molar-refractivity contribution in [3.63, 3.8) is 0 Å². The first kappa shape index (κ1) is 43.6. The maximum absolute atomic E-state index is 9.04. The van der Waals surface area contributed by atoms with Crippen molar-refractivity contribution in [3.8, 4) is 23.9 Å². The van der Waals surface area contributed by atoms with Gasteiger partial charge in [-0.25, -0.2) is 0 Å². The average Bonchev–Trinajstić information content (AvgIpc) is 3.11. The third kappa shape index (κ3) is 23.0. The summed E-state index contributed by atoms with van der Waals surface area (Å²) in [6.07, 6.45) is 17.3. The van der Waals surface area contributed by atoms with E-state index >= 15 is 0 Å². The molecule has 0 aliphatic heterocycles. The van der Waals surface area contributed by atoms with E-state index in [1.165, 1.54) is 49.7 Å². The maximum atomic E-state index is 9.04. The SMILES string of the molecule is CN(C)Cc1cccc(OCCCNC(=NC#N)NCCCCCCCCCCCCNC(=NC#N)NCCCOc2cccc(CN(C)C)c2)c1. The molecule has 0 amide bonds. The molecular weight excluding hydrogens is 653 g/mol. The Morgan fingerprint density at radius 3 is 1.23 bits per heavy atom. The number of nitrogens with zero attached hydrogens (tertiary/aromatic N) is 6. The maximum Gasteiger partial charge on any atom is 0.209 e. The molecule has 0 aliphatic carbocycles. The fraction of sp³-hybridized carbons (Fsp3) is 0.600.